The number of unbranched alkanes of at least 4 members (excludes halogenated alkanes) is 1. The van der Waals surface area contributed by atoms with Crippen molar-refractivity contribution in [2.45, 2.75) is 46.5 Å². The number of aliphatic hydroxyl groups excluding tert-OH is 2. The molecule has 0 heterocycles. The highest BCUT2D eigenvalue weighted by Gasteiger charge is 2.09. The van der Waals surface area contributed by atoms with Crippen molar-refractivity contribution in [3.8, 4) is 0 Å². The SMILES string of the molecule is CC(C)(C)CCCCC(=O)O.OCCO. The van der Waals surface area contributed by atoms with Gasteiger partial charge in [0.15, 0.2) is 0 Å². The molecule has 0 aliphatic heterocycles. The van der Waals surface area contributed by atoms with Gasteiger partial charge in [-0.3, -0.25) is 4.79 Å². The summed E-state index contributed by atoms with van der Waals surface area (Å²) in [5.74, 6) is -0.682. The Morgan fingerprint density at radius 2 is 1.53 bits per heavy atom. The normalized spacial score (nSPS) is 10.5. The number of carboxylic acid groups (broad SMARTS) is 1. The van der Waals surface area contributed by atoms with E-state index < -0.39 is 5.97 Å². The summed E-state index contributed by atoms with van der Waals surface area (Å²) in [5.41, 5.74) is 0.346. The topological polar surface area (TPSA) is 77.8 Å². The molecule has 0 rings (SSSR count). The third-order valence-corrected chi connectivity index (χ3v) is 1.67. The van der Waals surface area contributed by atoms with Gasteiger partial charge in [-0.15, -0.1) is 0 Å². The van der Waals surface area contributed by atoms with Gasteiger partial charge in [-0.05, 0) is 18.3 Å². The van der Waals surface area contributed by atoms with Gasteiger partial charge in [-0.1, -0.05) is 27.2 Å². The highest BCUT2D eigenvalue weighted by atomic mass is 16.4. The van der Waals surface area contributed by atoms with E-state index in [1.165, 1.54) is 0 Å². The molecule has 4 nitrogen and oxygen atoms in total. The average molecular weight is 220 g/mol. The summed E-state index contributed by atoms with van der Waals surface area (Å²) < 4.78 is 0. The standard InChI is InChI=1S/C9H18O2.C2H6O2/c1-9(2,3)7-5-4-6-8(10)11;3-1-2-4/h4-7H2,1-3H3,(H,10,11);3-4H,1-2H2. The van der Waals surface area contributed by atoms with Crippen molar-refractivity contribution in [1.29, 1.82) is 0 Å². The minimum atomic E-state index is -0.682. The summed E-state index contributed by atoms with van der Waals surface area (Å²) in [5, 5.41) is 23.6. The first-order valence-corrected chi connectivity index (χ1v) is 5.27. The van der Waals surface area contributed by atoms with Crippen LogP contribution >= 0.6 is 0 Å². The fourth-order valence-corrected chi connectivity index (χ4v) is 0.932. The molecule has 0 bridgehead atoms. The van der Waals surface area contributed by atoms with E-state index in [1.807, 2.05) is 0 Å². The van der Waals surface area contributed by atoms with Crippen molar-refractivity contribution < 1.29 is 20.1 Å². The van der Waals surface area contributed by atoms with E-state index in [0.29, 0.717) is 11.8 Å². The zero-order valence-corrected chi connectivity index (χ0v) is 9.99. The molecular formula is C11H24O4. The van der Waals surface area contributed by atoms with Crippen molar-refractivity contribution in [3.05, 3.63) is 0 Å². The number of hydrogen-bond acceptors (Lipinski definition) is 3. The van der Waals surface area contributed by atoms with Crippen LogP contribution in [0.25, 0.3) is 0 Å². The number of aliphatic hydroxyl groups is 2. The smallest absolute Gasteiger partial charge is 0.303 e. The summed E-state index contributed by atoms with van der Waals surface area (Å²) in [6, 6.07) is 0. The predicted octanol–water partition coefficient (Wildman–Crippen LogP) is 1.65. The maximum Gasteiger partial charge on any atom is 0.303 e. The first-order chi connectivity index (χ1) is 6.83. The first kappa shape index (κ1) is 16.8. The van der Waals surface area contributed by atoms with E-state index in [4.69, 9.17) is 15.3 Å². The molecule has 0 aromatic carbocycles. The van der Waals surface area contributed by atoms with Gasteiger partial charge in [-0.25, -0.2) is 0 Å². The van der Waals surface area contributed by atoms with Gasteiger partial charge in [0, 0.05) is 6.42 Å². The Morgan fingerprint density at radius 1 is 1.07 bits per heavy atom. The molecule has 0 aliphatic carbocycles. The fraction of sp³-hybridized carbons (Fsp3) is 0.909. The zero-order valence-electron chi connectivity index (χ0n) is 9.99. The Balaban J connectivity index is 0. The van der Waals surface area contributed by atoms with Gasteiger partial charge in [0.2, 0.25) is 0 Å². The first-order valence-electron chi connectivity index (χ1n) is 5.27. The second-order valence-electron chi connectivity index (χ2n) is 4.61. The fourth-order valence-electron chi connectivity index (χ4n) is 0.932. The molecule has 15 heavy (non-hydrogen) atoms. The van der Waals surface area contributed by atoms with Crippen LogP contribution < -0.4 is 0 Å². The minimum Gasteiger partial charge on any atom is -0.481 e. The maximum absolute atomic E-state index is 10.1. The van der Waals surface area contributed by atoms with Gasteiger partial charge in [-0.2, -0.15) is 0 Å². The number of carbonyl (C=O) groups is 1. The maximum atomic E-state index is 10.1. The van der Waals surface area contributed by atoms with Gasteiger partial charge < -0.3 is 15.3 Å². The largest absolute Gasteiger partial charge is 0.481 e. The van der Waals surface area contributed by atoms with Gasteiger partial charge >= 0.3 is 5.97 Å². The third kappa shape index (κ3) is 24.7. The second-order valence-corrected chi connectivity index (χ2v) is 4.61. The Morgan fingerprint density at radius 3 is 1.80 bits per heavy atom. The van der Waals surface area contributed by atoms with Crippen LogP contribution in [0.15, 0.2) is 0 Å². The molecule has 0 fully saturated rings. The lowest BCUT2D eigenvalue weighted by Crippen LogP contribution is -2.04. The number of carboxylic acids is 1. The lowest BCUT2D eigenvalue weighted by Gasteiger charge is -2.16. The molecular weight excluding hydrogens is 196 g/mol. The molecule has 0 atom stereocenters. The molecule has 0 radical (unpaired) electrons. The Bertz CT molecular complexity index is 147. The Hall–Kier alpha value is -0.610. The molecule has 0 aromatic heterocycles. The monoisotopic (exact) mass is 220 g/mol. The molecule has 0 aromatic rings. The quantitative estimate of drug-likeness (QED) is 0.616. The summed E-state index contributed by atoms with van der Waals surface area (Å²) in [7, 11) is 0. The van der Waals surface area contributed by atoms with Crippen molar-refractivity contribution >= 4 is 5.97 Å². The van der Waals surface area contributed by atoms with E-state index in [-0.39, 0.29) is 13.2 Å². The van der Waals surface area contributed by atoms with Crippen molar-refractivity contribution in [2.24, 2.45) is 5.41 Å². The van der Waals surface area contributed by atoms with E-state index >= 15 is 0 Å². The number of hydrogen-bond donors (Lipinski definition) is 3. The highest BCUT2D eigenvalue weighted by molar-refractivity contribution is 5.66. The lowest BCUT2D eigenvalue weighted by molar-refractivity contribution is -0.137. The highest BCUT2D eigenvalue weighted by Crippen LogP contribution is 2.21. The van der Waals surface area contributed by atoms with Crippen LogP contribution in [-0.2, 0) is 4.79 Å². The van der Waals surface area contributed by atoms with Gasteiger partial charge in [0.25, 0.3) is 0 Å². The molecule has 4 heteroatoms. The van der Waals surface area contributed by atoms with E-state index in [0.717, 1.165) is 19.3 Å². The molecule has 92 valence electrons. The predicted molar refractivity (Wildman–Crippen MR) is 59.7 cm³/mol. The lowest BCUT2D eigenvalue weighted by atomic mass is 9.89. The summed E-state index contributed by atoms with van der Waals surface area (Å²) in [6.45, 7) is 6.27. The zero-order chi connectivity index (χ0) is 12.3. The summed E-state index contributed by atoms with van der Waals surface area (Å²) >= 11 is 0. The summed E-state index contributed by atoms with van der Waals surface area (Å²) in [6.07, 6.45) is 3.26. The van der Waals surface area contributed by atoms with Crippen LogP contribution in [0.1, 0.15) is 46.5 Å². The van der Waals surface area contributed by atoms with E-state index in [2.05, 4.69) is 20.8 Å². The molecule has 3 N–H and O–H groups in total. The van der Waals surface area contributed by atoms with Gasteiger partial charge in [0.05, 0.1) is 13.2 Å². The van der Waals surface area contributed by atoms with Crippen LogP contribution in [-0.4, -0.2) is 34.5 Å². The van der Waals surface area contributed by atoms with E-state index in [1.54, 1.807) is 0 Å². The Labute approximate surface area is 91.9 Å². The van der Waals surface area contributed by atoms with Gasteiger partial charge in [0.1, 0.15) is 0 Å². The molecule has 0 saturated carbocycles. The van der Waals surface area contributed by atoms with Crippen LogP contribution in [0.4, 0.5) is 0 Å². The summed E-state index contributed by atoms with van der Waals surface area (Å²) in [4.78, 5) is 10.1. The molecule has 0 amide bonds. The molecule has 0 aliphatic rings. The number of rotatable bonds is 5. The van der Waals surface area contributed by atoms with Crippen LogP contribution in [0.3, 0.4) is 0 Å². The van der Waals surface area contributed by atoms with E-state index in [9.17, 15) is 4.79 Å². The van der Waals surface area contributed by atoms with Crippen LogP contribution in [0.5, 0.6) is 0 Å². The number of aliphatic carboxylic acids is 1. The van der Waals surface area contributed by atoms with Crippen molar-refractivity contribution in [3.63, 3.8) is 0 Å². The molecule has 0 spiro atoms. The van der Waals surface area contributed by atoms with Crippen LogP contribution in [0.2, 0.25) is 0 Å². The second kappa shape index (κ2) is 9.93. The molecule has 0 unspecified atom stereocenters. The third-order valence-electron chi connectivity index (χ3n) is 1.67. The average Bonchev–Trinajstić information content (AvgIpc) is 2.11. The minimum absolute atomic E-state index is 0.125. The Kier molecular flexibility index (Phi) is 11.1. The molecule has 0 saturated heterocycles. The van der Waals surface area contributed by atoms with Crippen molar-refractivity contribution in [1.82, 2.24) is 0 Å². The van der Waals surface area contributed by atoms with Crippen molar-refractivity contribution in [2.75, 3.05) is 13.2 Å². The van der Waals surface area contributed by atoms with Crippen LogP contribution in [0, 0.1) is 5.41 Å².